The van der Waals surface area contributed by atoms with Crippen LogP contribution in [0.25, 0.3) is 0 Å². The number of aryl methyl sites for hydroxylation is 1. The SMILES string of the molecule is Cc1csc(SCCCNC(=O)Nc2ncccn2)n1. The molecule has 8 heteroatoms. The minimum Gasteiger partial charge on any atom is -0.338 e. The summed E-state index contributed by atoms with van der Waals surface area (Å²) in [4.78, 5) is 23.7. The van der Waals surface area contributed by atoms with Crippen LogP contribution in [0.4, 0.5) is 10.7 Å². The van der Waals surface area contributed by atoms with Crippen molar-refractivity contribution in [2.45, 2.75) is 17.7 Å². The van der Waals surface area contributed by atoms with Gasteiger partial charge in [-0.05, 0) is 19.4 Å². The Morgan fingerprint density at radius 3 is 2.90 bits per heavy atom. The lowest BCUT2D eigenvalue weighted by Gasteiger charge is -2.05. The third-order valence-corrected chi connectivity index (χ3v) is 4.45. The normalized spacial score (nSPS) is 10.2. The summed E-state index contributed by atoms with van der Waals surface area (Å²) in [5, 5.41) is 7.36. The number of nitrogens with zero attached hydrogens (tertiary/aromatic N) is 3. The molecule has 0 aromatic carbocycles. The standard InChI is InChI=1S/C12H15N5OS2/c1-9-8-20-12(16-9)19-7-3-6-15-11(18)17-10-13-4-2-5-14-10/h2,4-5,8H,3,6-7H2,1H3,(H2,13,14,15,17,18). The van der Waals surface area contributed by atoms with E-state index in [0.29, 0.717) is 12.5 Å². The first-order valence-electron chi connectivity index (χ1n) is 6.11. The smallest absolute Gasteiger partial charge is 0.321 e. The molecule has 2 aromatic rings. The van der Waals surface area contributed by atoms with Crippen molar-refractivity contribution in [1.82, 2.24) is 20.3 Å². The summed E-state index contributed by atoms with van der Waals surface area (Å²) < 4.78 is 1.07. The second-order valence-electron chi connectivity index (χ2n) is 3.91. The van der Waals surface area contributed by atoms with Crippen molar-refractivity contribution >= 4 is 35.1 Å². The Hall–Kier alpha value is -1.67. The van der Waals surface area contributed by atoms with Crippen LogP contribution >= 0.6 is 23.1 Å². The molecular weight excluding hydrogens is 294 g/mol. The first kappa shape index (κ1) is 14.7. The van der Waals surface area contributed by atoms with Gasteiger partial charge >= 0.3 is 6.03 Å². The van der Waals surface area contributed by atoms with E-state index in [0.717, 1.165) is 22.2 Å². The zero-order chi connectivity index (χ0) is 14.2. The number of amides is 2. The summed E-state index contributed by atoms with van der Waals surface area (Å²) in [6.45, 7) is 2.59. The van der Waals surface area contributed by atoms with Gasteiger partial charge in [-0.1, -0.05) is 11.8 Å². The van der Waals surface area contributed by atoms with E-state index in [2.05, 4.69) is 25.6 Å². The number of carbonyl (C=O) groups excluding carboxylic acids is 1. The van der Waals surface area contributed by atoms with Gasteiger partial charge in [0.2, 0.25) is 5.95 Å². The molecule has 2 aromatic heterocycles. The quantitative estimate of drug-likeness (QED) is 0.633. The van der Waals surface area contributed by atoms with E-state index in [1.807, 2.05) is 12.3 Å². The molecular formula is C12H15N5OS2. The molecule has 0 spiro atoms. The van der Waals surface area contributed by atoms with Crippen molar-refractivity contribution in [2.75, 3.05) is 17.6 Å². The maximum absolute atomic E-state index is 11.5. The topological polar surface area (TPSA) is 79.8 Å². The number of urea groups is 1. The predicted octanol–water partition coefficient (Wildman–Crippen LogP) is 2.55. The van der Waals surface area contributed by atoms with Crippen molar-refractivity contribution in [1.29, 1.82) is 0 Å². The number of hydrogen-bond donors (Lipinski definition) is 2. The van der Waals surface area contributed by atoms with Gasteiger partial charge < -0.3 is 5.32 Å². The van der Waals surface area contributed by atoms with E-state index in [-0.39, 0.29) is 6.03 Å². The number of nitrogens with one attached hydrogen (secondary N) is 2. The van der Waals surface area contributed by atoms with Gasteiger partial charge in [0, 0.05) is 35.8 Å². The highest BCUT2D eigenvalue weighted by Crippen LogP contribution is 2.22. The van der Waals surface area contributed by atoms with Crippen molar-refractivity contribution in [2.24, 2.45) is 0 Å². The number of anilines is 1. The van der Waals surface area contributed by atoms with E-state index < -0.39 is 0 Å². The Balaban J connectivity index is 1.58. The third-order valence-electron chi connectivity index (χ3n) is 2.22. The molecule has 106 valence electrons. The number of carbonyl (C=O) groups is 1. The van der Waals surface area contributed by atoms with Gasteiger partial charge in [-0.15, -0.1) is 11.3 Å². The molecule has 6 nitrogen and oxygen atoms in total. The molecule has 0 radical (unpaired) electrons. The summed E-state index contributed by atoms with van der Waals surface area (Å²) in [7, 11) is 0. The lowest BCUT2D eigenvalue weighted by Crippen LogP contribution is -2.30. The molecule has 0 aliphatic heterocycles. The second kappa shape index (κ2) is 7.81. The van der Waals surface area contributed by atoms with Crippen molar-refractivity contribution < 1.29 is 4.79 Å². The van der Waals surface area contributed by atoms with Crippen LogP contribution in [0.3, 0.4) is 0 Å². The molecule has 0 bridgehead atoms. The molecule has 0 atom stereocenters. The van der Waals surface area contributed by atoms with E-state index in [1.165, 1.54) is 0 Å². The van der Waals surface area contributed by atoms with E-state index >= 15 is 0 Å². The monoisotopic (exact) mass is 309 g/mol. The van der Waals surface area contributed by atoms with Gasteiger partial charge in [0.1, 0.15) is 4.34 Å². The van der Waals surface area contributed by atoms with Gasteiger partial charge in [0.25, 0.3) is 0 Å². The van der Waals surface area contributed by atoms with Crippen LogP contribution in [-0.2, 0) is 0 Å². The Bertz CT molecular complexity index is 546. The van der Waals surface area contributed by atoms with Gasteiger partial charge in [-0.3, -0.25) is 5.32 Å². The van der Waals surface area contributed by atoms with Crippen LogP contribution in [-0.4, -0.2) is 33.3 Å². The molecule has 20 heavy (non-hydrogen) atoms. The molecule has 2 N–H and O–H groups in total. The first-order chi connectivity index (χ1) is 9.74. The van der Waals surface area contributed by atoms with Gasteiger partial charge in [0.15, 0.2) is 0 Å². The van der Waals surface area contributed by atoms with Crippen LogP contribution in [0.1, 0.15) is 12.1 Å². The molecule has 2 amide bonds. The fourth-order valence-corrected chi connectivity index (χ4v) is 3.20. The van der Waals surface area contributed by atoms with E-state index in [1.54, 1.807) is 41.6 Å². The summed E-state index contributed by atoms with van der Waals surface area (Å²) in [6, 6.07) is 1.41. The molecule has 0 saturated carbocycles. The van der Waals surface area contributed by atoms with E-state index in [9.17, 15) is 4.79 Å². The van der Waals surface area contributed by atoms with Crippen molar-refractivity contribution in [3.63, 3.8) is 0 Å². The average Bonchev–Trinajstić information content (AvgIpc) is 2.85. The van der Waals surface area contributed by atoms with Crippen LogP contribution in [0.5, 0.6) is 0 Å². The third kappa shape index (κ3) is 5.14. The molecule has 0 saturated heterocycles. The fourth-order valence-electron chi connectivity index (χ4n) is 1.34. The molecule has 0 unspecified atom stereocenters. The molecule has 2 rings (SSSR count). The molecule has 0 aliphatic carbocycles. The lowest BCUT2D eigenvalue weighted by atomic mass is 10.5. The maximum atomic E-state index is 11.5. The Morgan fingerprint density at radius 2 is 2.20 bits per heavy atom. The summed E-state index contributed by atoms with van der Waals surface area (Å²) >= 11 is 3.36. The zero-order valence-electron chi connectivity index (χ0n) is 11.0. The second-order valence-corrected chi connectivity index (χ2v) is 6.11. The Morgan fingerprint density at radius 1 is 1.40 bits per heavy atom. The number of aromatic nitrogens is 3. The van der Waals surface area contributed by atoms with Crippen LogP contribution < -0.4 is 10.6 Å². The Labute approximate surface area is 125 Å². The summed E-state index contributed by atoms with van der Waals surface area (Å²) in [5.74, 6) is 1.23. The lowest BCUT2D eigenvalue weighted by molar-refractivity contribution is 0.252. The molecule has 0 aliphatic rings. The maximum Gasteiger partial charge on any atom is 0.321 e. The molecule has 2 heterocycles. The summed E-state index contributed by atoms with van der Waals surface area (Å²) in [6.07, 6.45) is 4.04. The summed E-state index contributed by atoms with van der Waals surface area (Å²) in [5.41, 5.74) is 1.05. The van der Waals surface area contributed by atoms with Crippen LogP contribution in [0.2, 0.25) is 0 Å². The van der Waals surface area contributed by atoms with Crippen LogP contribution in [0, 0.1) is 6.92 Å². The number of thiazole rings is 1. The number of rotatable bonds is 6. The Kier molecular flexibility index (Phi) is 5.75. The number of thioether (sulfide) groups is 1. The molecule has 0 fully saturated rings. The first-order valence-corrected chi connectivity index (χ1v) is 7.97. The highest BCUT2D eigenvalue weighted by Gasteiger charge is 2.03. The van der Waals surface area contributed by atoms with Gasteiger partial charge in [-0.25, -0.2) is 19.7 Å². The predicted molar refractivity (Wildman–Crippen MR) is 81.2 cm³/mol. The van der Waals surface area contributed by atoms with Crippen molar-refractivity contribution in [3.05, 3.63) is 29.5 Å². The van der Waals surface area contributed by atoms with Crippen molar-refractivity contribution in [3.8, 4) is 0 Å². The van der Waals surface area contributed by atoms with Crippen LogP contribution in [0.15, 0.2) is 28.2 Å². The van der Waals surface area contributed by atoms with Gasteiger partial charge in [0.05, 0.1) is 0 Å². The van der Waals surface area contributed by atoms with E-state index in [4.69, 9.17) is 0 Å². The minimum atomic E-state index is -0.286. The highest BCUT2D eigenvalue weighted by atomic mass is 32.2. The largest absolute Gasteiger partial charge is 0.338 e. The minimum absolute atomic E-state index is 0.286. The highest BCUT2D eigenvalue weighted by molar-refractivity contribution is 8.00. The van der Waals surface area contributed by atoms with Gasteiger partial charge in [-0.2, -0.15) is 0 Å². The average molecular weight is 309 g/mol. The fraction of sp³-hybridized carbons (Fsp3) is 0.333. The zero-order valence-corrected chi connectivity index (χ0v) is 12.6. The number of hydrogen-bond acceptors (Lipinski definition) is 6.